The third-order valence-corrected chi connectivity index (χ3v) is 4.53. The number of benzene rings is 1. The van der Waals surface area contributed by atoms with Crippen LogP contribution in [0.3, 0.4) is 0 Å². The van der Waals surface area contributed by atoms with Gasteiger partial charge in [0.1, 0.15) is 5.76 Å². The van der Waals surface area contributed by atoms with Crippen LogP contribution in [0.1, 0.15) is 29.7 Å². The highest BCUT2D eigenvalue weighted by Crippen LogP contribution is 2.27. The first-order chi connectivity index (χ1) is 12.1. The Kier molecular flexibility index (Phi) is 5.03. The molecule has 0 saturated carbocycles. The highest BCUT2D eigenvalue weighted by Gasteiger charge is 2.08. The monoisotopic (exact) mass is 337 g/mol. The number of rotatable bonds is 5. The number of aromatic nitrogens is 2. The van der Waals surface area contributed by atoms with Crippen molar-refractivity contribution in [2.75, 3.05) is 12.8 Å². The molecule has 1 aliphatic carbocycles. The molecule has 25 heavy (non-hydrogen) atoms. The first-order valence-corrected chi connectivity index (χ1v) is 8.43. The molecule has 0 saturated heterocycles. The van der Waals surface area contributed by atoms with E-state index < -0.39 is 0 Å². The highest BCUT2D eigenvalue weighted by molar-refractivity contribution is 5.69. The predicted molar refractivity (Wildman–Crippen MR) is 100 cm³/mol. The molecule has 0 fully saturated rings. The molecule has 0 aliphatic heterocycles. The minimum atomic E-state index is -0.121. The largest absolute Gasteiger partial charge is 0.497 e. The molecule has 3 rings (SSSR count). The molecule has 1 aromatic heterocycles. The zero-order valence-corrected chi connectivity index (χ0v) is 14.7. The highest BCUT2D eigenvalue weighted by atomic mass is 16.5. The summed E-state index contributed by atoms with van der Waals surface area (Å²) < 4.78 is 6.67. The summed E-state index contributed by atoms with van der Waals surface area (Å²) in [7, 11) is 3.32. The maximum atomic E-state index is 11.8. The van der Waals surface area contributed by atoms with Crippen molar-refractivity contribution >= 4 is 11.5 Å². The van der Waals surface area contributed by atoms with Crippen LogP contribution in [-0.2, 0) is 24.6 Å². The van der Waals surface area contributed by atoms with Gasteiger partial charge >= 0.3 is 0 Å². The van der Waals surface area contributed by atoms with E-state index in [0.717, 1.165) is 30.7 Å². The lowest BCUT2D eigenvalue weighted by Gasteiger charge is -2.14. The molecule has 2 N–H and O–H groups in total. The number of nitrogens with zero attached hydrogens (tertiary/aromatic N) is 2. The summed E-state index contributed by atoms with van der Waals surface area (Å²) >= 11 is 0. The maximum absolute atomic E-state index is 11.8. The van der Waals surface area contributed by atoms with Crippen molar-refractivity contribution in [2.45, 2.75) is 25.7 Å². The summed E-state index contributed by atoms with van der Waals surface area (Å²) in [6.45, 7) is 0. The second-order valence-electron chi connectivity index (χ2n) is 6.22. The van der Waals surface area contributed by atoms with Crippen LogP contribution in [-0.4, -0.2) is 16.7 Å². The average Bonchev–Trinajstić information content (AvgIpc) is 2.64. The fraction of sp³-hybridized carbons (Fsp3) is 0.300. The summed E-state index contributed by atoms with van der Waals surface area (Å²) in [5.74, 6) is 1.18. The molecule has 1 aliphatic rings. The Morgan fingerprint density at radius 3 is 2.68 bits per heavy atom. The Morgan fingerprint density at radius 1 is 1.24 bits per heavy atom. The van der Waals surface area contributed by atoms with Gasteiger partial charge in [-0.15, -0.1) is 0 Å². The molecule has 2 aromatic rings. The third kappa shape index (κ3) is 3.99. The predicted octanol–water partition coefficient (Wildman–Crippen LogP) is 2.86. The van der Waals surface area contributed by atoms with Crippen molar-refractivity contribution in [1.29, 1.82) is 0 Å². The first kappa shape index (κ1) is 17.0. The van der Waals surface area contributed by atoms with E-state index in [4.69, 9.17) is 10.5 Å². The van der Waals surface area contributed by atoms with Gasteiger partial charge in [0.25, 0.3) is 5.56 Å². The SMILES string of the molecule is COC1=CCCC(c2ccc(CCc3cc(=O)n(C)c(N)n3)cc2)=C1. The molecule has 1 aromatic carbocycles. The Labute approximate surface area is 147 Å². The summed E-state index contributed by atoms with van der Waals surface area (Å²) in [6.07, 6.45) is 7.77. The average molecular weight is 337 g/mol. The number of hydrogen-bond donors (Lipinski definition) is 1. The van der Waals surface area contributed by atoms with Gasteiger partial charge in [0.2, 0.25) is 5.95 Å². The van der Waals surface area contributed by atoms with Crippen molar-refractivity contribution in [2.24, 2.45) is 7.05 Å². The quantitative estimate of drug-likeness (QED) is 0.911. The van der Waals surface area contributed by atoms with Gasteiger partial charge in [0, 0.05) is 13.1 Å². The Balaban J connectivity index is 1.68. The molecule has 5 heteroatoms. The summed E-state index contributed by atoms with van der Waals surface area (Å²) in [5.41, 5.74) is 10.1. The van der Waals surface area contributed by atoms with Gasteiger partial charge in [-0.25, -0.2) is 4.98 Å². The van der Waals surface area contributed by atoms with E-state index in [-0.39, 0.29) is 11.5 Å². The van der Waals surface area contributed by atoms with Crippen LogP contribution >= 0.6 is 0 Å². The molecule has 0 unspecified atom stereocenters. The van der Waals surface area contributed by atoms with E-state index in [2.05, 4.69) is 41.4 Å². The smallest absolute Gasteiger partial charge is 0.254 e. The summed E-state index contributed by atoms with van der Waals surface area (Å²) in [4.78, 5) is 16.0. The lowest BCUT2D eigenvalue weighted by atomic mass is 9.95. The molecule has 130 valence electrons. The number of hydrogen-bond acceptors (Lipinski definition) is 4. The molecular formula is C20H23N3O2. The van der Waals surface area contributed by atoms with E-state index in [1.54, 1.807) is 20.2 Å². The van der Waals surface area contributed by atoms with Crippen molar-refractivity contribution < 1.29 is 4.74 Å². The first-order valence-electron chi connectivity index (χ1n) is 8.43. The van der Waals surface area contributed by atoms with Crippen molar-refractivity contribution in [1.82, 2.24) is 9.55 Å². The van der Waals surface area contributed by atoms with Gasteiger partial charge in [-0.3, -0.25) is 9.36 Å². The van der Waals surface area contributed by atoms with E-state index >= 15 is 0 Å². The maximum Gasteiger partial charge on any atom is 0.254 e. The number of allylic oxidation sites excluding steroid dienone is 3. The fourth-order valence-corrected chi connectivity index (χ4v) is 2.94. The fourth-order valence-electron chi connectivity index (χ4n) is 2.94. The topological polar surface area (TPSA) is 70.1 Å². The van der Waals surface area contributed by atoms with Gasteiger partial charge in [0.05, 0.1) is 12.8 Å². The van der Waals surface area contributed by atoms with Crippen LogP contribution in [0.5, 0.6) is 0 Å². The molecule has 5 nitrogen and oxygen atoms in total. The molecule has 0 bridgehead atoms. The van der Waals surface area contributed by atoms with Gasteiger partial charge < -0.3 is 10.5 Å². The standard InChI is InChI=1S/C20H23N3O2/c1-23-19(24)13-17(22-20(23)21)11-8-14-6-9-15(10-7-14)16-4-3-5-18(12-16)25-2/h5-7,9-10,12-13H,3-4,8,11H2,1-2H3,(H2,21,22). The molecule has 0 spiro atoms. The van der Waals surface area contributed by atoms with Crippen molar-refractivity contribution in [3.63, 3.8) is 0 Å². The van der Waals surface area contributed by atoms with Crippen LogP contribution in [0.15, 0.2) is 53.0 Å². The van der Waals surface area contributed by atoms with Gasteiger partial charge in [-0.2, -0.15) is 0 Å². The van der Waals surface area contributed by atoms with Crippen LogP contribution in [0.25, 0.3) is 5.57 Å². The second kappa shape index (κ2) is 7.38. The van der Waals surface area contributed by atoms with Crippen molar-refractivity contribution in [3.8, 4) is 0 Å². The normalized spacial score (nSPS) is 14.0. The molecule has 0 amide bonds. The van der Waals surface area contributed by atoms with E-state index in [1.807, 2.05) is 0 Å². The lowest BCUT2D eigenvalue weighted by molar-refractivity contribution is 0.304. The number of ether oxygens (including phenoxy) is 1. The van der Waals surface area contributed by atoms with Gasteiger partial charge in [0.15, 0.2) is 0 Å². The number of aryl methyl sites for hydroxylation is 2. The Bertz CT molecular complexity index is 877. The molecule has 0 radical (unpaired) electrons. The van der Waals surface area contributed by atoms with E-state index in [1.165, 1.54) is 21.3 Å². The number of nitrogen functional groups attached to an aromatic ring is 1. The van der Waals surface area contributed by atoms with E-state index in [0.29, 0.717) is 6.42 Å². The minimum absolute atomic E-state index is 0.121. The second-order valence-corrected chi connectivity index (χ2v) is 6.22. The minimum Gasteiger partial charge on any atom is -0.497 e. The molecular weight excluding hydrogens is 314 g/mol. The summed E-state index contributed by atoms with van der Waals surface area (Å²) in [6, 6.07) is 10.1. The van der Waals surface area contributed by atoms with Gasteiger partial charge in [-0.05, 0) is 54.5 Å². The summed E-state index contributed by atoms with van der Waals surface area (Å²) in [5, 5.41) is 0. The third-order valence-electron chi connectivity index (χ3n) is 4.53. The number of anilines is 1. The van der Waals surface area contributed by atoms with Crippen LogP contribution < -0.4 is 11.3 Å². The van der Waals surface area contributed by atoms with Gasteiger partial charge in [-0.1, -0.05) is 24.3 Å². The van der Waals surface area contributed by atoms with Crippen molar-refractivity contribution in [3.05, 3.63) is 75.4 Å². The molecule has 0 atom stereocenters. The van der Waals surface area contributed by atoms with Crippen LogP contribution in [0.4, 0.5) is 5.95 Å². The zero-order chi connectivity index (χ0) is 17.8. The van der Waals surface area contributed by atoms with E-state index in [9.17, 15) is 4.79 Å². The van der Waals surface area contributed by atoms with Crippen LogP contribution in [0, 0.1) is 0 Å². The lowest BCUT2D eigenvalue weighted by Crippen LogP contribution is -2.21. The zero-order valence-electron chi connectivity index (χ0n) is 14.7. The molecule has 1 heterocycles. The number of nitrogens with two attached hydrogens (primary N) is 1. The van der Waals surface area contributed by atoms with Crippen LogP contribution in [0.2, 0.25) is 0 Å². The number of methoxy groups -OCH3 is 1. The Hall–Kier alpha value is -2.82. The Morgan fingerprint density at radius 2 is 2.00 bits per heavy atom.